The third-order valence-electron chi connectivity index (χ3n) is 6.08. The van der Waals surface area contributed by atoms with Gasteiger partial charge in [-0.3, -0.25) is 4.79 Å². The summed E-state index contributed by atoms with van der Waals surface area (Å²) in [6.07, 6.45) is 1.33. The largest absolute Gasteiger partial charge is 0.494 e. The van der Waals surface area contributed by atoms with Gasteiger partial charge in [0.05, 0.1) is 24.0 Å². The van der Waals surface area contributed by atoms with Gasteiger partial charge in [-0.05, 0) is 54.7 Å². The van der Waals surface area contributed by atoms with Crippen LogP contribution < -0.4 is 15.4 Å². The Bertz CT molecular complexity index is 1140. The molecule has 4 heteroatoms. The Labute approximate surface area is 183 Å². The van der Waals surface area contributed by atoms with Gasteiger partial charge in [0.25, 0.3) is 0 Å². The fraction of sp³-hybridized carbons (Fsp3) is 0.222. The normalized spacial score (nSPS) is 20.1. The van der Waals surface area contributed by atoms with Crippen molar-refractivity contribution >= 4 is 17.2 Å². The maximum Gasteiger partial charge on any atom is 0.163 e. The van der Waals surface area contributed by atoms with Gasteiger partial charge in [-0.1, -0.05) is 54.6 Å². The second-order valence-corrected chi connectivity index (χ2v) is 8.08. The molecule has 0 saturated carbocycles. The highest BCUT2D eigenvalue weighted by Gasteiger charge is 2.36. The van der Waals surface area contributed by atoms with Crippen molar-refractivity contribution in [2.75, 3.05) is 17.2 Å². The smallest absolute Gasteiger partial charge is 0.163 e. The SMILES string of the molecule is CCOc1cccc([C@H]2Nc3ccccc3NC3=C2C(=O)C[C@@H](c2ccccc2)C3)c1. The first-order chi connectivity index (χ1) is 15.2. The van der Waals surface area contributed by atoms with Gasteiger partial charge in [0, 0.05) is 17.7 Å². The lowest BCUT2D eigenvalue weighted by atomic mass is 9.78. The number of anilines is 2. The van der Waals surface area contributed by atoms with Crippen molar-refractivity contribution in [2.24, 2.45) is 0 Å². The number of nitrogens with one attached hydrogen (secondary N) is 2. The number of benzene rings is 3. The second-order valence-electron chi connectivity index (χ2n) is 8.08. The van der Waals surface area contributed by atoms with Crippen molar-refractivity contribution in [3.05, 3.63) is 101 Å². The average Bonchev–Trinajstić information content (AvgIpc) is 2.97. The molecular weight excluding hydrogens is 384 g/mol. The molecule has 0 amide bonds. The topological polar surface area (TPSA) is 50.4 Å². The number of fused-ring (bicyclic) bond motifs is 1. The molecule has 0 saturated heterocycles. The van der Waals surface area contributed by atoms with Crippen LogP contribution in [-0.2, 0) is 4.79 Å². The summed E-state index contributed by atoms with van der Waals surface area (Å²) < 4.78 is 5.73. The Kier molecular flexibility index (Phi) is 5.21. The van der Waals surface area contributed by atoms with E-state index in [-0.39, 0.29) is 17.7 Å². The number of hydrogen-bond donors (Lipinski definition) is 2. The first-order valence-electron chi connectivity index (χ1n) is 10.9. The van der Waals surface area contributed by atoms with Crippen molar-refractivity contribution in [2.45, 2.75) is 31.7 Å². The Morgan fingerprint density at radius 3 is 2.42 bits per heavy atom. The van der Waals surface area contributed by atoms with E-state index in [1.54, 1.807) is 0 Å². The molecule has 2 N–H and O–H groups in total. The van der Waals surface area contributed by atoms with Gasteiger partial charge in [0.1, 0.15) is 5.75 Å². The summed E-state index contributed by atoms with van der Waals surface area (Å²) in [6, 6.07) is 26.3. The van der Waals surface area contributed by atoms with Gasteiger partial charge in [0.15, 0.2) is 5.78 Å². The van der Waals surface area contributed by atoms with Crippen LogP contribution >= 0.6 is 0 Å². The molecule has 3 aromatic carbocycles. The molecule has 31 heavy (non-hydrogen) atoms. The van der Waals surface area contributed by atoms with E-state index in [9.17, 15) is 4.79 Å². The van der Waals surface area contributed by atoms with Gasteiger partial charge in [-0.2, -0.15) is 0 Å². The van der Waals surface area contributed by atoms with E-state index in [2.05, 4.69) is 41.0 Å². The number of carbonyl (C=O) groups is 1. The number of carbonyl (C=O) groups excluding carboxylic acids is 1. The first kappa shape index (κ1) is 19.4. The lowest BCUT2D eigenvalue weighted by Gasteiger charge is -2.30. The van der Waals surface area contributed by atoms with E-state index in [0.29, 0.717) is 13.0 Å². The highest BCUT2D eigenvalue weighted by Crippen LogP contribution is 2.44. The van der Waals surface area contributed by atoms with Crippen LogP contribution in [0.1, 0.15) is 42.9 Å². The first-order valence-corrected chi connectivity index (χ1v) is 10.9. The fourth-order valence-corrected chi connectivity index (χ4v) is 4.65. The molecule has 1 aliphatic carbocycles. The molecule has 0 aromatic heterocycles. The standard InChI is InChI=1S/C27H26N2O2/c1-2-31-21-12-8-11-19(15-21)27-26-24(28-22-13-6-7-14-23(22)29-27)16-20(17-25(26)30)18-9-4-3-5-10-18/h3-15,20,27-29H,2,16-17H2,1H3/t20-,27+/m0/s1. The zero-order valence-corrected chi connectivity index (χ0v) is 17.6. The van der Waals surface area contributed by atoms with Crippen LogP contribution in [0.3, 0.4) is 0 Å². The van der Waals surface area contributed by atoms with Gasteiger partial charge < -0.3 is 15.4 Å². The summed E-state index contributed by atoms with van der Waals surface area (Å²) in [6.45, 7) is 2.59. The minimum absolute atomic E-state index is 0.181. The average molecular weight is 411 g/mol. The minimum atomic E-state index is -0.226. The lowest BCUT2D eigenvalue weighted by Crippen LogP contribution is -2.26. The zero-order valence-electron chi connectivity index (χ0n) is 17.6. The summed E-state index contributed by atoms with van der Waals surface area (Å²) in [5, 5.41) is 7.23. The number of ketones is 1. The monoisotopic (exact) mass is 410 g/mol. The predicted molar refractivity (Wildman–Crippen MR) is 124 cm³/mol. The third kappa shape index (κ3) is 3.81. The van der Waals surface area contributed by atoms with Gasteiger partial charge in [-0.15, -0.1) is 0 Å². The Morgan fingerprint density at radius 1 is 0.871 bits per heavy atom. The highest BCUT2D eigenvalue weighted by molar-refractivity contribution is 6.01. The van der Waals surface area contributed by atoms with Crippen LogP contribution in [0.25, 0.3) is 0 Å². The van der Waals surface area contributed by atoms with E-state index in [0.717, 1.165) is 40.4 Å². The van der Waals surface area contributed by atoms with Gasteiger partial charge in [0.2, 0.25) is 0 Å². The van der Waals surface area contributed by atoms with Crippen LogP contribution in [-0.4, -0.2) is 12.4 Å². The molecule has 5 rings (SSSR count). The van der Waals surface area contributed by atoms with Crippen LogP contribution in [0.15, 0.2) is 90.1 Å². The maximum atomic E-state index is 13.5. The van der Waals surface area contributed by atoms with E-state index in [1.165, 1.54) is 5.56 Å². The highest BCUT2D eigenvalue weighted by atomic mass is 16.5. The molecule has 0 radical (unpaired) electrons. The third-order valence-corrected chi connectivity index (χ3v) is 6.08. The molecule has 2 atom stereocenters. The van der Waals surface area contributed by atoms with Crippen molar-refractivity contribution in [1.29, 1.82) is 0 Å². The van der Waals surface area contributed by atoms with Crippen LogP contribution in [0, 0.1) is 0 Å². The van der Waals surface area contributed by atoms with Crippen molar-refractivity contribution in [3.63, 3.8) is 0 Å². The second kappa shape index (κ2) is 8.31. The van der Waals surface area contributed by atoms with Gasteiger partial charge in [-0.25, -0.2) is 0 Å². The zero-order chi connectivity index (χ0) is 21.2. The number of ether oxygens (including phenoxy) is 1. The summed E-state index contributed by atoms with van der Waals surface area (Å²) in [5.41, 5.74) is 6.08. The molecule has 1 aliphatic heterocycles. The molecule has 0 unspecified atom stereocenters. The molecule has 0 spiro atoms. The Morgan fingerprint density at radius 2 is 1.61 bits per heavy atom. The maximum absolute atomic E-state index is 13.5. The number of allylic oxidation sites excluding steroid dienone is 1. The minimum Gasteiger partial charge on any atom is -0.494 e. The van der Waals surface area contributed by atoms with Crippen molar-refractivity contribution in [3.8, 4) is 5.75 Å². The fourth-order valence-electron chi connectivity index (χ4n) is 4.65. The predicted octanol–water partition coefficient (Wildman–Crippen LogP) is 6.06. The number of para-hydroxylation sites is 2. The van der Waals surface area contributed by atoms with Crippen LogP contribution in [0.5, 0.6) is 5.75 Å². The van der Waals surface area contributed by atoms with E-state index >= 15 is 0 Å². The molecule has 1 heterocycles. The quantitative estimate of drug-likeness (QED) is 0.548. The summed E-state index contributed by atoms with van der Waals surface area (Å²) in [4.78, 5) is 13.5. The van der Waals surface area contributed by atoms with Crippen LogP contribution in [0.2, 0.25) is 0 Å². The summed E-state index contributed by atoms with van der Waals surface area (Å²) in [7, 11) is 0. The summed E-state index contributed by atoms with van der Waals surface area (Å²) in [5.74, 6) is 1.19. The van der Waals surface area contributed by atoms with E-state index in [1.807, 2.05) is 55.5 Å². The molecule has 4 nitrogen and oxygen atoms in total. The Balaban J connectivity index is 1.60. The number of Topliss-reactive ketones (excluding diaryl/α,β-unsaturated/α-hetero) is 1. The van der Waals surface area contributed by atoms with Crippen molar-refractivity contribution in [1.82, 2.24) is 0 Å². The molecule has 156 valence electrons. The lowest BCUT2D eigenvalue weighted by molar-refractivity contribution is -0.116. The number of rotatable bonds is 4. The van der Waals surface area contributed by atoms with Gasteiger partial charge >= 0.3 is 0 Å². The number of hydrogen-bond acceptors (Lipinski definition) is 4. The van der Waals surface area contributed by atoms with E-state index < -0.39 is 0 Å². The molecular formula is C27H26N2O2. The molecule has 3 aromatic rings. The molecule has 0 bridgehead atoms. The van der Waals surface area contributed by atoms with Crippen molar-refractivity contribution < 1.29 is 9.53 Å². The van der Waals surface area contributed by atoms with E-state index in [4.69, 9.17) is 4.74 Å². The summed E-state index contributed by atoms with van der Waals surface area (Å²) >= 11 is 0. The van der Waals surface area contributed by atoms with Crippen LogP contribution in [0.4, 0.5) is 11.4 Å². The molecule has 2 aliphatic rings. The molecule has 0 fully saturated rings. The Hall–Kier alpha value is -3.53.